The van der Waals surface area contributed by atoms with Crippen molar-refractivity contribution in [3.8, 4) is 11.5 Å². The molecule has 4 unspecified atom stereocenters. The minimum Gasteiger partial charge on any atom is -0.459 e. The van der Waals surface area contributed by atoms with Crippen molar-refractivity contribution in [2.24, 2.45) is 29.4 Å². The van der Waals surface area contributed by atoms with Crippen LogP contribution in [0.5, 0.6) is 11.5 Å². The molecule has 0 heterocycles. The number of nitrogens with two attached hydrogens (primary N) is 1. The number of esters is 2. The Morgan fingerprint density at radius 1 is 0.714 bits per heavy atom. The molecule has 0 amide bonds. The van der Waals surface area contributed by atoms with Gasteiger partial charge in [-0.25, -0.2) is 9.59 Å². The minimum absolute atomic E-state index is 0.0150. The Morgan fingerprint density at radius 2 is 1.19 bits per heavy atom. The van der Waals surface area contributed by atoms with Crippen molar-refractivity contribution in [2.75, 3.05) is 13.2 Å². The second-order valence-electron chi connectivity index (χ2n) is 11.3. The molecule has 2 N–H and O–H groups in total. The molecule has 11 heteroatoms. The maximum atomic E-state index is 12.7. The molecule has 0 saturated heterocycles. The van der Waals surface area contributed by atoms with Crippen molar-refractivity contribution < 1.29 is 47.6 Å². The molecule has 1 aromatic carbocycles. The first-order chi connectivity index (χ1) is 19.7. The summed E-state index contributed by atoms with van der Waals surface area (Å²) in [6.45, 7) is 17.0. The smallest absolute Gasteiger partial charge is 0.459 e. The zero-order valence-electron chi connectivity index (χ0n) is 26.5. The van der Waals surface area contributed by atoms with Gasteiger partial charge in [0, 0.05) is 0 Å². The van der Waals surface area contributed by atoms with E-state index in [-0.39, 0.29) is 60.8 Å². The molecule has 0 bridgehead atoms. The van der Waals surface area contributed by atoms with Gasteiger partial charge in [0.1, 0.15) is 18.2 Å². The van der Waals surface area contributed by atoms with Crippen LogP contribution >= 0.6 is 0 Å². The molecule has 0 aliphatic carbocycles. The molecular formula is C31H49NO10. The lowest BCUT2D eigenvalue weighted by atomic mass is 9.98. The predicted molar refractivity (Wildman–Crippen MR) is 156 cm³/mol. The van der Waals surface area contributed by atoms with Crippen molar-refractivity contribution >= 4 is 24.2 Å². The highest BCUT2D eigenvalue weighted by Crippen LogP contribution is 2.30. The summed E-state index contributed by atoms with van der Waals surface area (Å²) in [5, 5.41) is 0. The third-order valence-electron chi connectivity index (χ3n) is 7.16. The Hall–Kier alpha value is -3.34. The maximum Gasteiger partial charge on any atom is 0.513 e. The molecule has 42 heavy (non-hydrogen) atoms. The molecule has 6 atom stereocenters. The molecule has 0 aliphatic rings. The van der Waals surface area contributed by atoms with Crippen LogP contribution in [0.2, 0.25) is 0 Å². The fraction of sp³-hybridized carbons (Fsp3) is 0.677. The summed E-state index contributed by atoms with van der Waals surface area (Å²) in [5.41, 5.74) is 6.62. The first-order valence-electron chi connectivity index (χ1n) is 14.7. The standard InChI is InChI=1S/C31H49NO10/c1-10-19(5)16-37-30(35)41-26-13-12-24(15-27(26)42-31(36)38-17-20(6)11-2)14-25(32)29(34)40-23(9)22(8)39-28(33)21(7)18(3)4/h12-13,15,18-23,25H,10-11,14,16-17,32H2,1-9H3/t19?,20?,21?,22?,23-,25-/m0/s1. The largest absolute Gasteiger partial charge is 0.513 e. The van der Waals surface area contributed by atoms with E-state index in [9.17, 15) is 19.2 Å². The molecule has 1 aromatic rings. The molecule has 11 nitrogen and oxygen atoms in total. The first kappa shape index (κ1) is 36.7. The Balaban J connectivity index is 2.95. The van der Waals surface area contributed by atoms with Crippen LogP contribution in [0.25, 0.3) is 0 Å². The maximum absolute atomic E-state index is 12.7. The minimum atomic E-state index is -1.08. The average molecular weight is 596 g/mol. The van der Waals surface area contributed by atoms with Crippen LogP contribution in [0.1, 0.15) is 80.7 Å². The summed E-state index contributed by atoms with van der Waals surface area (Å²) < 4.78 is 31.8. The molecule has 0 fully saturated rings. The van der Waals surface area contributed by atoms with Crippen molar-refractivity contribution in [1.82, 2.24) is 0 Å². The van der Waals surface area contributed by atoms with Crippen molar-refractivity contribution in [1.29, 1.82) is 0 Å². The first-order valence-corrected chi connectivity index (χ1v) is 14.7. The lowest BCUT2D eigenvalue weighted by Gasteiger charge is -2.24. The van der Waals surface area contributed by atoms with E-state index in [4.69, 9.17) is 34.2 Å². The Labute approximate surface area is 249 Å². The number of rotatable bonds is 16. The van der Waals surface area contributed by atoms with E-state index < -0.39 is 36.5 Å². The second kappa shape index (κ2) is 18.3. The monoisotopic (exact) mass is 595 g/mol. The zero-order chi connectivity index (χ0) is 32.0. The van der Waals surface area contributed by atoms with Crippen molar-refractivity contribution in [3.63, 3.8) is 0 Å². The molecule has 0 spiro atoms. The molecule has 0 aromatic heterocycles. The molecular weight excluding hydrogens is 546 g/mol. The second-order valence-corrected chi connectivity index (χ2v) is 11.3. The Morgan fingerprint density at radius 3 is 1.67 bits per heavy atom. The van der Waals surface area contributed by atoms with Crippen molar-refractivity contribution in [3.05, 3.63) is 23.8 Å². The van der Waals surface area contributed by atoms with E-state index in [0.29, 0.717) is 5.56 Å². The lowest BCUT2D eigenvalue weighted by molar-refractivity contribution is -0.169. The van der Waals surface area contributed by atoms with Crippen LogP contribution in [-0.4, -0.2) is 55.7 Å². The summed E-state index contributed by atoms with van der Waals surface area (Å²) in [6, 6.07) is 3.33. The molecule has 1 rings (SSSR count). The van der Waals surface area contributed by atoms with Gasteiger partial charge in [-0.3, -0.25) is 9.59 Å². The Bertz CT molecular complexity index is 1030. The topological polar surface area (TPSA) is 150 Å². The number of hydrogen-bond acceptors (Lipinski definition) is 11. The van der Waals surface area contributed by atoms with Crippen molar-refractivity contribution in [2.45, 2.75) is 99.8 Å². The molecule has 0 saturated carbocycles. The number of carbonyl (C=O) groups is 4. The van der Waals surface area contributed by atoms with E-state index in [1.54, 1.807) is 26.8 Å². The Kier molecular flexibility index (Phi) is 15.9. The normalized spacial score (nSPS) is 15.4. The van der Waals surface area contributed by atoms with Crippen LogP contribution in [0.15, 0.2) is 18.2 Å². The van der Waals surface area contributed by atoms with Gasteiger partial charge in [0.2, 0.25) is 0 Å². The fourth-order valence-corrected chi connectivity index (χ4v) is 3.10. The highest BCUT2D eigenvalue weighted by Gasteiger charge is 2.27. The van der Waals surface area contributed by atoms with Crippen LogP contribution < -0.4 is 15.2 Å². The van der Waals surface area contributed by atoms with Gasteiger partial charge in [-0.05, 0) is 55.7 Å². The van der Waals surface area contributed by atoms with Gasteiger partial charge in [0.25, 0.3) is 0 Å². The predicted octanol–water partition coefficient (Wildman–Crippen LogP) is 5.83. The van der Waals surface area contributed by atoms with Crippen LogP contribution in [0, 0.1) is 23.7 Å². The van der Waals surface area contributed by atoms with E-state index in [1.165, 1.54) is 12.1 Å². The summed E-state index contributed by atoms with van der Waals surface area (Å²) >= 11 is 0. The zero-order valence-corrected chi connectivity index (χ0v) is 26.5. The number of benzene rings is 1. The number of carbonyl (C=O) groups excluding carboxylic acids is 4. The summed E-state index contributed by atoms with van der Waals surface area (Å²) in [7, 11) is 0. The van der Waals surface area contributed by atoms with E-state index >= 15 is 0 Å². The van der Waals surface area contributed by atoms with Gasteiger partial charge in [-0.2, -0.15) is 0 Å². The van der Waals surface area contributed by atoms with Gasteiger partial charge in [0.15, 0.2) is 11.5 Å². The van der Waals surface area contributed by atoms with Crippen LogP contribution in [0.3, 0.4) is 0 Å². The summed E-state index contributed by atoms with van der Waals surface area (Å²) in [4.78, 5) is 49.6. The highest BCUT2D eigenvalue weighted by atomic mass is 16.7. The lowest BCUT2D eigenvalue weighted by Crippen LogP contribution is -2.40. The SMILES string of the molecule is CCC(C)COC(=O)Oc1ccc(C[C@H](N)C(=O)O[C@@H](C)C(C)OC(=O)C(C)C(C)C)cc1OC(=O)OCC(C)CC. The van der Waals surface area contributed by atoms with Gasteiger partial charge in [0.05, 0.1) is 19.1 Å². The van der Waals surface area contributed by atoms with Crippen LogP contribution in [-0.2, 0) is 35.0 Å². The quantitative estimate of drug-likeness (QED) is 0.140. The van der Waals surface area contributed by atoms with Gasteiger partial charge in [-0.15, -0.1) is 0 Å². The highest BCUT2D eigenvalue weighted by molar-refractivity contribution is 5.76. The fourth-order valence-electron chi connectivity index (χ4n) is 3.10. The molecule has 0 aliphatic heterocycles. The third-order valence-corrected chi connectivity index (χ3v) is 7.16. The van der Waals surface area contributed by atoms with E-state index in [1.807, 2.05) is 41.5 Å². The molecule has 0 radical (unpaired) electrons. The van der Waals surface area contributed by atoms with E-state index in [0.717, 1.165) is 12.8 Å². The number of hydrogen-bond donors (Lipinski definition) is 1. The van der Waals surface area contributed by atoms with Gasteiger partial charge >= 0.3 is 24.2 Å². The van der Waals surface area contributed by atoms with E-state index in [2.05, 4.69) is 0 Å². The molecule has 238 valence electrons. The summed E-state index contributed by atoms with van der Waals surface area (Å²) in [5.74, 6) is -1.15. The third kappa shape index (κ3) is 13.1. The van der Waals surface area contributed by atoms with Gasteiger partial charge < -0.3 is 34.2 Å². The van der Waals surface area contributed by atoms with Gasteiger partial charge in [-0.1, -0.05) is 67.4 Å². The number of ether oxygens (including phenoxy) is 6. The summed E-state index contributed by atoms with van der Waals surface area (Å²) in [6.07, 6.45) is -1.69. The average Bonchev–Trinajstić information content (AvgIpc) is 2.94. The van der Waals surface area contributed by atoms with Crippen LogP contribution in [0.4, 0.5) is 9.59 Å².